The molecule has 0 aliphatic carbocycles. The molecule has 1 rings (SSSR count). The molecule has 2 atom stereocenters. The third-order valence-corrected chi connectivity index (χ3v) is 3.73. The van der Waals surface area contributed by atoms with Gasteiger partial charge in [-0.2, -0.15) is 0 Å². The van der Waals surface area contributed by atoms with E-state index in [4.69, 9.17) is 9.84 Å². The van der Waals surface area contributed by atoms with Crippen molar-refractivity contribution in [1.82, 2.24) is 0 Å². The third kappa shape index (κ3) is 5.04. The van der Waals surface area contributed by atoms with Crippen molar-refractivity contribution in [3.8, 4) is 5.75 Å². The maximum Gasteiger partial charge on any atom is 0.335 e. The number of hydrogen-bond acceptors (Lipinski definition) is 6. The Hall–Kier alpha value is -1.57. The predicted octanol–water partition coefficient (Wildman–Crippen LogP) is 1.46. The highest BCUT2D eigenvalue weighted by Gasteiger charge is 2.23. The number of aliphatic hydroxyl groups is 2. The number of hydrogen-bond donors (Lipinski definition) is 3. The molecule has 2 unspecified atom stereocenters. The van der Waals surface area contributed by atoms with E-state index in [1.807, 2.05) is 0 Å². The zero-order valence-corrected chi connectivity index (χ0v) is 12.6. The van der Waals surface area contributed by atoms with E-state index in [-0.39, 0.29) is 22.7 Å². The average Bonchev–Trinajstić information content (AvgIpc) is 2.45. The molecule has 116 valence electrons. The highest BCUT2D eigenvalue weighted by Crippen LogP contribution is 2.30. The van der Waals surface area contributed by atoms with Crippen molar-refractivity contribution < 1.29 is 29.6 Å². The van der Waals surface area contributed by atoms with Gasteiger partial charge < -0.3 is 20.1 Å². The summed E-state index contributed by atoms with van der Waals surface area (Å²) in [5, 5.41) is 29.0. The molecular formula is C14H18O6S. The van der Waals surface area contributed by atoms with Gasteiger partial charge in [0.05, 0.1) is 18.8 Å². The molecule has 1 aromatic rings. The van der Waals surface area contributed by atoms with Crippen LogP contribution in [-0.4, -0.2) is 45.4 Å². The Labute approximate surface area is 126 Å². The van der Waals surface area contributed by atoms with E-state index in [1.165, 1.54) is 32.2 Å². The van der Waals surface area contributed by atoms with Crippen molar-refractivity contribution >= 4 is 22.8 Å². The van der Waals surface area contributed by atoms with Crippen LogP contribution in [0.3, 0.4) is 0 Å². The number of aromatic carboxylic acids is 1. The van der Waals surface area contributed by atoms with Crippen molar-refractivity contribution in [2.24, 2.45) is 0 Å². The lowest BCUT2D eigenvalue weighted by atomic mass is 9.99. The summed E-state index contributed by atoms with van der Waals surface area (Å²) in [5.41, 5.74) is 0.202. The van der Waals surface area contributed by atoms with Crippen LogP contribution in [0.5, 0.6) is 5.75 Å². The lowest BCUT2D eigenvalue weighted by molar-refractivity contribution is -0.109. The fourth-order valence-electron chi connectivity index (χ4n) is 1.79. The second-order valence-electron chi connectivity index (χ2n) is 4.40. The third-order valence-electron chi connectivity index (χ3n) is 2.88. The normalized spacial score (nSPS) is 13.5. The van der Waals surface area contributed by atoms with Gasteiger partial charge in [0, 0.05) is 18.2 Å². The van der Waals surface area contributed by atoms with E-state index in [0.29, 0.717) is 11.5 Å². The molecule has 0 fully saturated rings. The second-order valence-corrected chi connectivity index (χ2v) is 5.67. The summed E-state index contributed by atoms with van der Waals surface area (Å²) in [4.78, 5) is 21.8. The largest absolute Gasteiger partial charge is 0.496 e. The molecule has 0 aliphatic rings. The number of benzene rings is 1. The smallest absolute Gasteiger partial charge is 0.335 e. The predicted molar refractivity (Wildman–Crippen MR) is 78.7 cm³/mol. The van der Waals surface area contributed by atoms with Gasteiger partial charge in [0.2, 0.25) is 0 Å². The molecule has 7 heteroatoms. The monoisotopic (exact) mass is 314 g/mol. The zero-order chi connectivity index (χ0) is 16.0. The minimum atomic E-state index is -1.29. The molecule has 0 amide bonds. The summed E-state index contributed by atoms with van der Waals surface area (Å²) in [7, 11) is 1.39. The van der Waals surface area contributed by atoms with Crippen LogP contribution in [0.15, 0.2) is 18.2 Å². The molecule has 0 aliphatic heterocycles. The average molecular weight is 314 g/mol. The van der Waals surface area contributed by atoms with Crippen LogP contribution in [0.25, 0.3) is 0 Å². The molecule has 0 saturated heterocycles. The van der Waals surface area contributed by atoms with Gasteiger partial charge in [0.1, 0.15) is 11.9 Å². The fourth-order valence-corrected chi connectivity index (χ4v) is 2.43. The number of rotatable bonds is 7. The number of methoxy groups -OCH3 is 1. The molecule has 0 aromatic heterocycles. The van der Waals surface area contributed by atoms with Crippen molar-refractivity contribution in [2.75, 3.05) is 12.9 Å². The maximum atomic E-state index is 11.0. The number of carbonyl (C=O) groups is 2. The molecule has 1 aromatic carbocycles. The number of carboxylic acid groups (broad SMARTS) is 1. The molecule has 21 heavy (non-hydrogen) atoms. The summed E-state index contributed by atoms with van der Waals surface area (Å²) in [6, 6.07) is 4.06. The fraction of sp³-hybridized carbons (Fsp3) is 0.429. The van der Waals surface area contributed by atoms with Crippen molar-refractivity contribution in [1.29, 1.82) is 0 Å². The highest BCUT2D eigenvalue weighted by atomic mass is 32.2. The number of carboxylic acids is 1. The quantitative estimate of drug-likeness (QED) is 0.700. The van der Waals surface area contributed by atoms with Crippen molar-refractivity contribution in [3.63, 3.8) is 0 Å². The van der Waals surface area contributed by atoms with Crippen LogP contribution < -0.4 is 4.74 Å². The molecule has 0 saturated carbocycles. The lowest BCUT2D eigenvalue weighted by Gasteiger charge is -2.20. The molecule has 0 bridgehead atoms. The molecule has 6 nitrogen and oxygen atoms in total. The van der Waals surface area contributed by atoms with E-state index in [1.54, 1.807) is 0 Å². The lowest BCUT2D eigenvalue weighted by Crippen LogP contribution is -2.20. The summed E-state index contributed by atoms with van der Waals surface area (Å²) < 4.78 is 5.07. The molecular weight excluding hydrogens is 296 g/mol. The van der Waals surface area contributed by atoms with E-state index >= 15 is 0 Å². The van der Waals surface area contributed by atoms with Gasteiger partial charge in [-0.05, 0) is 24.6 Å². The standard InChI is InChI=1S/C14H18O6S/c1-8(15)21-6-5-11(16)13(17)10-7-9(14(18)19)3-4-12(10)20-2/h3-4,7,11,13,16-17H,5-6H2,1-2H3,(H,18,19). The van der Waals surface area contributed by atoms with Crippen LogP contribution in [0.4, 0.5) is 0 Å². The number of carbonyl (C=O) groups excluding carboxylic acids is 1. The second kappa shape index (κ2) is 8.02. The molecule has 0 spiro atoms. The van der Waals surface area contributed by atoms with Gasteiger partial charge >= 0.3 is 5.97 Å². The number of aliphatic hydroxyl groups excluding tert-OH is 2. The first-order chi connectivity index (χ1) is 9.86. The van der Waals surface area contributed by atoms with Crippen LogP contribution in [0.1, 0.15) is 35.4 Å². The minimum absolute atomic E-state index is 0.00448. The SMILES string of the molecule is COc1ccc(C(=O)O)cc1C(O)C(O)CCSC(C)=O. The highest BCUT2D eigenvalue weighted by molar-refractivity contribution is 8.13. The first kappa shape index (κ1) is 17.5. The Bertz CT molecular complexity index is 516. The van der Waals surface area contributed by atoms with E-state index in [0.717, 1.165) is 11.8 Å². The Kier molecular flexibility index (Phi) is 6.67. The van der Waals surface area contributed by atoms with E-state index in [9.17, 15) is 19.8 Å². The van der Waals surface area contributed by atoms with Gasteiger partial charge in [-0.25, -0.2) is 4.79 Å². The van der Waals surface area contributed by atoms with E-state index in [2.05, 4.69) is 0 Å². The van der Waals surface area contributed by atoms with E-state index < -0.39 is 18.2 Å². The van der Waals surface area contributed by atoms with Crippen LogP contribution in [-0.2, 0) is 4.79 Å². The number of thioether (sulfide) groups is 1. The van der Waals surface area contributed by atoms with Gasteiger partial charge in [-0.3, -0.25) is 4.79 Å². The topological polar surface area (TPSA) is 104 Å². The van der Waals surface area contributed by atoms with Gasteiger partial charge in [0.15, 0.2) is 5.12 Å². The molecule has 3 N–H and O–H groups in total. The Morgan fingerprint density at radius 2 is 2.00 bits per heavy atom. The first-order valence-corrected chi connectivity index (χ1v) is 7.26. The maximum absolute atomic E-state index is 11.0. The minimum Gasteiger partial charge on any atom is -0.496 e. The summed E-state index contributed by atoms with van der Waals surface area (Å²) in [5.74, 6) is -0.465. The Morgan fingerprint density at radius 1 is 1.33 bits per heavy atom. The van der Waals surface area contributed by atoms with Crippen molar-refractivity contribution in [3.05, 3.63) is 29.3 Å². The summed E-state index contributed by atoms with van der Waals surface area (Å²) in [6.45, 7) is 1.42. The Balaban J connectivity index is 2.88. The van der Waals surface area contributed by atoms with Crippen LogP contribution in [0, 0.1) is 0 Å². The van der Waals surface area contributed by atoms with Gasteiger partial charge in [0.25, 0.3) is 0 Å². The first-order valence-electron chi connectivity index (χ1n) is 6.27. The summed E-state index contributed by atoms with van der Waals surface area (Å²) in [6.07, 6.45) is -2.20. The molecule has 0 radical (unpaired) electrons. The van der Waals surface area contributed by atoms with Crippen LogP contribution >= 0.6 is 11.8 Å². The van der Waals surface area contributed by atoms with Crippen molar-refractivity contribution in [2.45, 2.75) is 25.6 Å². The zero-order valence-electron chi connectivity index (χ0n) is 11.8. The van der Waals surface area contributed by atoms with Gasteiger partial charge in [-0.15, -0.1) is 0 Å². The van der Waals surface area contributed by atoms with Crippen LogP contribution in [0.2, 0.25) is 0 Å². The Morgan fingerprint density at radius 3 is 2.52 bits per heavy atom. The van der Waals surface area contributed by atoms with Gasteiger partial charge in [-0.1, -0.05) is 11.8 Å². The summed E-state index contributed by atoms with van der Waals surface area (Å²) >= 11 is 1.05. The number of ether oxygens (including phenoxy) is 1. The molecule has 0 heterocycles.